The van der Waals surface area contributed by atoms with Gasteiger partial charge in [-0.1, -0.05) is 54.6 Å². The Labute approximate surface area is 102 Å². The quantitative estimate of drug-likeness (QED) is 0.683. The fraction of sp³-hybridized carbons (Fsp3) is 0.294. The van der Waals surface area contributed by atoms with E-state index in [9.17, 15) is 0 Å². The predicted octanol–water partition coefficient (Wildman–Crippen LogP) is 3.94. The zero-order valence-corrected chi connectivity index (χ0v) is 9.89. The number of aryl methyl sites for hydroxylation is 1. The Balaban J connectivity index is 1.92. The van der Waals surface area contributed by atoms with Crippen LogP contribution >= 0.6 is 0 Å². The van der Waals surface area contributed by atoms with E-state index in [2.05, 4.69) is 54.6 Å². The van der Waals surface area contributed by atoms with Gasteiger partial charge in [-0.25, -0.2) is 0 Å². The van der Waals surface area contributed by atoms with Crippen molar-refractivity contribution in [2.75, 3.05) is 0 Å². The van der Waals surface area contributed by atoms with Gasteiger partial charge in [0.25, 0.3) is 0 Å². The molecule has 0 heterocycles. The maximum atomic E-state index is 2.35. The Kier molecular flexibility index (Phi) is 1.80. The Morgan fingerprint density at radius 1 is 0.882 bits per heavy atom. The first-order valence-corrected chi connectivity index (χ1v) is 6.55. The molecule has 0 bridgehead atoms. The fourth-order valence-corrected chi connectivity index (χ4v) is 3.76. The van der Waals surface area contributed by atoms with Gasteiger partial charge in [-0.3, -0.25) is 0 Å². The van der Waals surface area contributed by atoms with Crippen LogP contribution in [0.25, 0.3) is 0 Å². The first kappa shape index (κ1) is 9.47. The highest BCUT2D eigenvalue weighted by atomic mass is 14.6. The predicted molar refractivity (Wildman–Crippen MR) is 70.1 cm³/mol. The third-order valence-corrected chi connectivity index (χ3v) is 4.65. The lowest BCUT2D eigenvalue weighted by Gasteiger charge is -2.26. The van der Waals surface area contributed by atoms with Gasteiger partial charge >= 0.3 is 0 Å². The lowest BCUT2D eigenvalue weighted by molar-refractivity contribution is 0.596. The molecule has 1 saturated carbocycles. The molecule has 0 saturated heterocycles. The molecule has 1 unspecified atom stereocenters. The molecule has 0 radical (unpaired) electrons. The van der Waals surface area contributed by atoms with Crippen LogP contribution in [-0.2, 0) is 11.8 Å². The monoisotopic (exact) mass is 220 g/mol. The van der Waals surface area contributed by atoms with Crippen LogP contribution in [0.4, 0.5) is 0 Å². The summed E-state index contributed by atoms with van der Waals surface area (Å²) in [5.74, 6) is 0.889. The summed E-state index contributed by atoms with van der Waals surface area (Å²) in [5, 5.41) is 0. The number of fused-ring (bicyclic) bond motifs is 3. The molecule has 0 aliphatic heterocycles. The topological polar surface area (TPSA) is 0 Å². The van der Waals surface area contributed by atoms with E-state index in [1.807, 2.05) is 0 Å². The highest BCUT2D eigenvalue weighted by molar-refractivity contribution is 5.52. The summed E-state index contributed by atoms with van der Waals surface area (Å²) in [6.45, 7) is 0. The molecule has 0 N–H and O–H groups in total. The minimum Gasteiger partial charge on any atom is -0.0622 e. The van der Waals surface area contributed by atoms with Crippen LogP contribution in [0.1, 0.15) is 29.5 Å². The molecule has 0 spiro atoms. The van der Waals surface area contributed by atoms with E-state index < -0.39 is 0 Å². The smallest absolute Gasteiger partial charge is 0.0237 e. The molecule has 2 aliphatic rings. The SMILES string of the molecule is c1ccc([C@]23CC2CCc2ccccc23)cc1. The van der Waals surface area contributed by atoms with E-state index in [-0.39, 0.29) is 0 Å². The molecule has 2 aliphatic carbocycles. The Morgan fingerprint density at radius 2 is 1.65 bits per heavy atom. The second-order valence-corrected chi connectivity index (χ2v) is 5.43. The van der Waals surface area contributed by atoms with Crippen LogP contribution in [0.5, 0.6) is 0 Å². The molecule has 2 aromatic rings. The van der Waals surface area contributed by atoms with Gasteiger partial charge in [-0.2, -0.15) is 0 Å². The third-order valence-electron chi connectivity index (χ3n) is 4.65. The van der Waals surface area contributed by atoms with E-state index in [0.29, 0.717) is 5.41 Å². The summed E-state index contributed by atoms with van der Waals surface area (Å²) in [7, 11) is 0. The summed E-state index contributed by atoms with van der Waals surface area (Å²) in [5.41, 5.74) is 5.07. The minimum atomic E-state index is 0.371. The van der Waals surface area contributed by atoms with Crippen molar-refractivity contribution in [1.82, 2.24) is 0 Å². The summed E-state index contributed by atoms with van der Waals surface area (Å²) in [6.07, 6.45) is 4.00. The van der Waals surface area contributed by atoms with Crippen molar-refractivity contribution >= 4 is 0 Å². The summed E-state index contributed by atoms with van der Waals surface area (Å²) < 4.78 is 0. The number of rotatable bonds is 1. The van der Waals surface area contributed by atoms with E-state index in [1.54, 1.807) is 11.1 Å². The van der Waals surface area contributed by atoms with Crippen molar-refractivity contribution in [3.05, 3.63) is 71.3 Å². The second-order valence-electron chi connectivity index (χ2n) is 5.43. The van der Waals surface area contributed by atoms with Crippen LogP contribution in [-0.4, -0.2) is 0 Å². The standard InChI is InChI=1S/C17H16/c1-2-7-14(8-3-1)17-12-15(17)11-10-13-6-4-5-9-16(13)17/h1-9,15H,10-12H2/t15?,17-/m1/s1. The Bertz CT molecular complexity index is 555. The van der Waals surface area contributed by atoms with E-state index >= 15 is 0 Å². The van der Waals surface area contributed by atoms with Gasteiger partial charge in [-0.05, 0) is 41.9 Å². The van der Waals surface area contributed by atoms with Crippen molar-refractivity contribution in [3.8, 4) is 0 Å². The molecule has 2 atom stereocenters. The second kappa shape index (κ2) is 3.22. The third kappa shape index (κ3) is 1.18. The first-order valence-electron chi connectivity index (χ1n) is 6.55. The molecule has 2 aromatic carbocycles. The molecular weight excluding hydrogens is 204 g/mol. The minimum absolute atomic E-state index is 0.371. The molecule has 4 rings (SSSR count). The van der Waals surface area contributed by atoms with Crippen LogP contribution in [0.15, 0.2) is 54.6 Å². The lowest BCUT2D eigenvalue weighted by atomic mass is 9.78. The number of hydrogen-bond donors (Lipinski definition) is 0. The van der Waals surface area contributed by atoms with Gasteiger partial charge in [0.05, 0.1) is 0 Å². The van der Waals surface area contributed by atoms with Crippen LogP contribution < -0.4 is 0 Å². The molecule has 17 heavy (non-hydrogen) atoms. The zero-order valence-electron chi connectivity index (χ0n) is 9.89. The van der Waals surface area contributed by atoms with E-state index in [1.165, 1.54) is 24.8 Å². The van der Waals surface area contributed by atoms with E-state index in [4.69, 9.17) is 0 Å². The van der Waals surface area contributed by atoms with Crippen molar-refractivity contribution in [2.24, 2.45) is 5.92 Å². The summed E-state index contributed by atoms with van der Waals surface area (Å²) >= 11 is 0. The maximum absolute atomic E-state index is 2.35. The molecule has 0 nitrogen and oxygen atoms in total. The molecule has 0 amide bonds. The zero-order chi connectivity index (χ0) is 11.3. The highest BCUT2D eigenvalue weighted by Crippen LogP contribution is 2.63. The summed E-state index contributed by atoms with van der Waals surface area (Å²) in [6, 6.07) is 20.1. The van der Waals surface area contributed by atoms with Gasteiger partial charge in [0, 0.05) is 5.41 Å². The molecule has 84 valence electrons. The fourth-order valence-electron chi connectivity index (χ4n) is 3.76. The van der Waals surface area contributed by atoms with Crippen LogP contribution in [0, 0.1) is 5.92 Å². The van der Waals surface area contributed by atoms with Gasteiger partial charge in [-0.15, -0.1) is 0 Å². The molecular formula is C17H16. The van der Waals surface area contributed by atoms with Crippen LogP contribution in [0.3, 0.4) is 0 Å². The van der Waals surface area contributed by atoms with Gasteiger partial charge < -0.3 is 0 Å². The Hall–Kier alpha value is -1.56. The maximum Gasteiger partial charge on any atom is 0.0237 e. The van der Waals surface area contributed by atoms with Crippen molar-refractivity contribution in [1.29, 1.82) is 0 Å². The largest absolute Gasteiger partial charge is 0.0622 e. The lowest BCUT2D eigenvalue weighted by Crippen LogP contribution is -2.19. The van der Waals surface area contributed by atoms with Gasteiger partial charge in [0.15, 0.2) is 0 Å². The van der Waals surface area contributed by atoms with E-state index in [0.717, 1.165) is 5.92 Å². The number of benzene rings is 2. The van der Waals surface area contributed by atoms with Crippen molar-refractivity contribution < 1.29 is 0 Å². The van der Waals surface area contributed by atoms with Gasteiger partial charge in [0.2, 0.25) is 0 Å². The average molecular weight is 220 g/mol. The summed E-state index contributed by atoms with van der Waals surface area (Å²) in [4.78, 5) is 0. The van der Waals surface area contributed by atoms with Gasteiger partial charge in [0.1, 0.15) is 0 Å². The normalized spacial score (nSPS) is 29.3. The van der Waals surface area contributed by atoms with Crippen molar-refractivity contribution in [3.63, 3.8) is 0 Å². The number of hydrogen-bond acceptors (Lipinski definition) is 0. The average Bonchev–Trinajstić information content (AvgIpc) is 3.16. The Morgan fingerprint density at radius 3 is 2.53 bits per heavy atom. The first-order chi connectivity index (χ1) is 8.41. The molecule has 0 aromatic heterocycles. The van der Waals surface area contributed by atoms with Crippen LogP contribution in [0.2, 0.25) is 0 Å². The molecule has 0 heteroatoms. The van der Waals surface area contributed by atoms with Crippen molar-refractivity contribution in [2.45, 2.75) is 24.7 Å². The highest BCUT2D eigenvalue weighted by Gasteiger charge is 2.58. The molecule has 1 fully saturated rings.